The zero-order valence-electron chi connectivity index (χ0n) is 10.4. The second kappa shape index (κ2) is 4.80. The summed E-state index contributed by atoms with van der Waals surface area (Å²) in [6, 6.07) is 0. The van der Waals surface area contributed by atoms with E-state index in [2.05, 4.69) is 29.4 Å². The van der Waals surface area contributed by atoms with E-state index < -0.39 is 0 Å². The van der Waals surface area contributed by atoms with Gasteiger partial charge in [-0.3, -0.25) is 0 Å². The lowest BCUT2D eigenvalue weighted by atomic mass is 9.82. The molecule has 1 fully saturated rings. The molecule has 1 N–H and O–H groups in total. The van der Waals surface area contributed by atoms with Crippen molar-refractivity contribution in [2.75, 3.05) is 13.6 Å². The molecule has 1 aromatic heterocycles. The molecule has 1 aromatic rings. The fourth-order valence-corrected chi connectivity index (χ4v) is 3.71. The van der Waals surface area contributed by atoms with E-state index in [-0.39, 0.29) is 0 Å². The van der Waals surface area contributed by atoms with Crippen molar-refractivity contribution in [1.82, 2.24) is 15.5 Å². The van der Waals surface area contributed by atoms with E-state index >= 15 is 0 Å². The van der Waals surface area contributed by atoms with Gasteiger partial charge in [0.1, 0.15) is 10.0 Å². The van der Waals surface area contributed by atoms with Gasteiger partial charge >= 0.3 is 0 Å². The molecule has 0 aliphatic heterocycles. The Morgan fingerprint density at radius 3 is 2.88 bits per heavy atom. The van der Waals surface area contributed by atoms with Crippen molar-refractivity contribution in [1.29, 1.82) is 0 Å². The van der Waals surface area contributed by atoms with E-state index in [1.165, 1.54) is 29.3 Å². The Bertz CT molecular complexity index is 346. The fourth-order valence-electron chi connectivity index (χ4n) is 2.52. The first-order chi connectivity index (χ1) is 7.63. The molecule has 1 saturated carbocycles. The standard InChI is InChI=1S/C12H21N3S/c1-12(2)7-4-5-9(12)11-15-14-10(16-11)6-8-13-3/h9,13H,4-8H2,1-3H3. The largest absolute Gasteiger partial charge is 0.319 e. The van der Waals surface area contributed by atoms with Gasteiger partial charge in [-0.05, 0) is 25.3 Å². The summed E-state index contributed by atoms with van der Waals surface area (Å²) >= 11 is 1.81. The van der Waals surface area contributed by atoms with Crippen LogP contribution in [0.25, 0.3) is 0 Å². The minimum Gasteiger partial charge on any atom is -0.319 e. The van der Waals surface area contributed by atoms with Gasteiger partial charge in [-0.1, -0.05) is 20.3 Å². The van der Waals surface area contributed by atoms with E-state index in [1.807, 2.05) is 18.4 Å². The van der Waals surface area contributed by atoms with Crippen LogP contribution in [0, 0.1) is 5.41 Å². The maximum atomic E-state index is 4.39. The summed E-state index contributed by atoms with van der Waals surface area (Å²) in [4.78, 5) is 0. The molecule has 0 bridgehead atoms. The van der Waals surface area contributed by atoms with Crippen molar-refractivity contribution in [2.24, 2.45) is 5.41 Å². The van der Waals surface area contributed by atoms with Crippen LogP contribution < -0.4 is 5.32 Å². The van der Waals surface area contributed by atoms with E-state index in [0.717, 1.165) is 13.0 Å². The monoisotopic (exact) mass is 239 g/mol. The number of rotatable bonds is 4. The lowest BCUT2D eigenvalue weighted by molar-refractivity contribution is 0.330. The highest BCUT2D eigenvalue weighted by Crippen LogP contribution is 2.49. The molecule has 16 heavy (non-hydrogen) atoms. The third-order valence-corrected chi connectivity index (χ3v) is 4.72. The smallest absolute Gasteiger partial charge is 0.121 e. The van der Waals surface area contributed by atoms with Crippen molar-refractivity contribution < 1.29 is 0 Å². The van der Waals surface area contributed by atoms with Crippen molar-refractivity contribution >= 4 is 11.3 Å². The molecule has 0 saturated heterocycles. The van der Waals surface area contributed by atoms with Gasteiger partial charge in [0.25, 0.3) is 0 Å². The summed E-state index contributed by atoms with van der Waals surface area (Å²) in [5.74, 6) is 0.633. The van der Waals surface area contributed by atoms with Crippen LogP contribution in [0.4, 0.5) is 0 Å². The first-order valence-corrected chi connectivity index (χ1v) is 6.92. The van der Waals surface area contributed by atoms with E-state index in [4.69, 9.17) is 0 Å². The van der Waals surface area contributed by atoms with Gasteiger partial charge in [-0.2, -0.15) is 0 Å². The van der Waals surface area contributed by atoms with Crippen LogP contribution in [0.1, 0.15) is 49.0 Å². The normalized spacial score (nSPS) is 23.8. The molecular formula is C12H21N3S. The summed E-state index contributed by atoms with van der Waals surface area (Å²) in [5, 5.41) is 14.3. The quantitative estimate of drug-likeness (QED) is 0.877. The Morgan fingerprint density at radius 1 is 1.44 bits per heavy atom. The number of hydrogen-bond acceptors (Lipinski definition) is 4. The SMILES string of the molecule is CNCCc1nnc(C2CCCC2(C)C)s1. The fraction of sp³-hybridized carbons (Fsp3) is 0.833. The van der Waals surface area contributed by atoms with Crippen LogP contribution in [0.2, 0.25) is 0 Å². The summed E-state index contributed by atoms with van der Waals surface area (Å²) in [7, 11) is 1.97. The van der Waals surface area contributed by atoms with Gasteiger partial charge in [0.2, 0.25) is 0 Å². The van der Waals surface area contributed by atoms with Crippen LogP contribution in [0.15, 0.2) is 0 Å². The van der Waals surface area contributed by atoms with Crippen molar-refractivity contribution in [3.8, 4) is 0 Å². The third kappa shape index (κ3) is 2.43. The highest BCUT2D eigenvalue weighted by molar-refractivity contribution is 7.11. The van der Waals surface area contributed by atoms with Gasteiger partial charge in [0.15, 0.2) is 0 Å². The Balaban J connectivity index is 2.06. The van der Waals surface area contributed by atoms with Crippen molar-refractivity contribution in [2.45, 2.75) is 45.4 Å². The summed E-state index contributed by atoms with van der Waals surface area (Å²) in [6.45, 7) is 5.71. The van der Waals surface area contributed by atoms with Gasteiger partial charge in [0, 0.05) is 18.9 Å². The molecular weight excluding hydrogens is 218 g/mol. The highest BCUT2D eigenvalue weighted by Gasteiger charge is 2.37. The summed E-state index contributed by atoms with van der Waals surface area (Å²) in [6.07, 6.45) is 4.95. The molecule has 4 heteroatoms. The molecule has 90 valence electrons. The van der Waals surface area contributed by atoms with Crippen LogP contribution in [-0.4, -0.2) is 23.8 Å². The van der Waals surface area contributed by atoms with Crippen LogP contribution in [-0.2, 0) is 6.42 Å². The maximum Gasteiger partial charge on any atom is 0.121 e. The van der Waals surface area contributed by atoms with Crippen molar-refractivity contribution in [3.63, 3.8) is 0 Å². The zero-order valence-corrected chi connectivity index (χ0v) is 11.2. The van der Waals surface area contributed by atoms with Crippen LogP contribution >= 0.6 is 11.3 Å². The first-order valence-electron chi connectivity index (χ1n) is 6.10. The Labute approximate surface area is 102 Å². The number of aromatic nitrogens is 2. The molecule has 2 rings (SSSR count). The van der Waals surface area contributed by atoms with E-state index in [0.29, 0.717) is 11.3 Å². The molecule has 0 aromatic carbocycles. The summed E-state index contributed by atoms with van der Waals surface area (Å²) in [5.41, 5.74) is 0.416. The van der Waals surface area contributed by atoms with Crippen LogP contribution in [0.5, 0.6) is 0 Å². The number of hydrogen-bond donors (Lipinski definition) is 1. The number of likely N-dealkylation sites (N-methyl/N-ethyl adjacent to an activating group) is 1. The van der Waals surface area contributed by atoms with Gasteiger partial charge in [-0.15, -0.1) is 21.5 Å². The topological polar surface area (TPSA) is 37.8 Å². The predicted octanol–water partition coefficient (Wildman–Crippen LogP) is 2.59. The first kappa shape index (κ1) is 12.0. The molecule has 3 nitrogen and oxygen atoms in total. The Hall–Kier alpha value is -0.480. The third-order valence-electron chi connectivity index (χ3n) is 3.63. The lowest BCUT2D eigenvalue weighted by Crippen LogP contribution is -2.15. The molecule has 0 radical (unpaired) electrons. The minimum absolute atomic E-state index is 0.416. The molecule has 1 unspecified atom stereocenters. The van der Waals surface area contributed by atoms with Crippen molar-refractivity contribution in [3.05, 3.63) is 10.0 Å². The van der Waals surface area contributed by atoms with Crippen LogP contribution in [0.3, 0.4) is 0 Å². The summed E-state index contributed by atoms with van der Waals surface area (Å²) < 4.78 is 0. The number of nitrogens with zero attached hydrogens (tertiary/aromatic N) is 2. The second-order valence-electron chi connectivity index (χ2n) is 5.32. The Kier molecular flexibility index (Phi) is 3.60. The molecule has 1 atom stereocenters. The van der Waals surface area contributed by atoms with Gasteiger partial charge < -0.3 is 5.32 Å². The minimum atomic E-state index is 0.416. The average molecular weight is 239 g/mol. The number of nitrogens with one attached hydrogen (secondary N) is 1. The predicted molar refractivity (Wildman–Crippen MR) is 67.9 cm³/mol. The van der Waals surface area contributed by atoms with Gasteiger partial charge in [-0.25, -0.2) is 0 Å². The van der Waals surface area contributed by atoms with E-state index in [9.17, 15) is 0 Å². The molecule has 0 spiro atoms. The molecule has 1 aliphatic carbocycles. The van der Waals surface area contributed by atoms with E-state index in [1.54, 1.807) is 0 Å². The highest BCUT2D eigenvalue weighted by atomic mass is 32.1. The molecule has 1 heterocycles. The Morgan fingerprint density at radius 2 is 2.25 bits per heavy atom. The van der Waals surface area contributed by atoms with Gasteiger partial charge in [0.05, 0.1) is 0 Å². The lowest BCUT2D eigenvalue weighted by Gasteiger charge is -2.24. The maximum absolute atomic E-state index is 4.39. The molecule has 1 aliphatic rings. The second-order valence-corrected chi connectivity index (χ2v) is 6.41. The average Bonchev–Trinajstić information content (AvgIpc) is 2.81. The zero-order chi connectivity index (χ0) is 11.6. The molecule has 0 amide bonds.